The first-order valence-corrected chi connectivity index (χ1v) is 8.41. The number of nitrogens with zero attached hydrogens (tertiary/aromatic N) is 5. The average molecular weight is 341 g/mol. The molecule has 1 N–H and O–H groups in total. The summed E-state index contributed by atoms with van der Waals surface area (Å²) in [4.78, 5) is 26.9. The SMILES string of the molecule is CCN(CC)CC(=O)N1CCN(c2ncnc(Cl)c2NC)CC1. The van der Waals surface area contributed by atoms with Crippen LogP contribution in [0.15, 0.2) is 6.33 Å². The predicted octanol–water partition coefficient (Wildman–Crippen LogP) is 1.16. The van der Waals surface area contributed by atoms with Crippen molar-refractivity contribution in [2.45, 2.75) is 13.8 Å². The summed E-state index contributed by atoms with van der Waals surface area (Å²) >= 11 is 6.11. The largest absolute Gasteiger partial charge is 0.383 e. The van der Waals surface area contributed by atoms with Crippen LogP contribution < -0.4 is 10.2 Å². The molecule has 0 atom stereocenters. The summed E-state index contributed by atoms with van der Waals surface area (Å²) < 4.78 is 0. The number of halogens is 1. The first-order valence-electron chi connectivity index (χ1n) is 8.04. The van der Waals surface area contributed by atoms with Gasteiger partial charge in [0.2, 0.25) is 5.91 Å². The summed E-state index contributed by atoms with van der Waals surface area (Å²) in [6.45, 7) is 9.32. The van der Waals surface area contributed by atoms with Crippen molar-refractivity contribution in [1.29, 1.82) is 0 Å². The molecule has 1 aliphatic rings. The van der Waals surface area contributed by atoms with Gasteiger partial charge in [-0.05, 0) is 13.1 Å². The lowest BCUT2D eigenvalue weighted by Gasteiger charge is -2.36. The van der Waals surface area contributed by atoms with Crippen molar-refractivity contribution < 1.29 is 4.79 Å². The molecule has 1 saturated heterocycles. The Morgan fingerprint density at radius 3 is 2.48 bits per heavy atom. The van der Waals surface area contributed by atoms with Crippen LogP contribution in [-0.2, 0) is 4.79 Å². The molecule has 128 valence electrons. The Bertz CT molecular complexity index is 529. The summed E-state index contributed by atoms with van der Waals surface area (Å²) in [5.41, 5.74) is 0.733. The van der Waals surface area contributed by atoms with Crippen molar-refractivity contribution in [3.63, 3.8) is 0 Å². The number of nitrogens with one attached hydrogen (secondary N) is 1. The molecule has 0 spiro atoms. The minimum absolute atomic E-state index is 0.197. The summed E-state index contributed by atoms with van der Waals surface area (Å²) in [5, 5.41) is 3.47. The summed E-state index contributed by atoms with van der Waals surface area (Å²) in [7, 11) is 1.80. The molecule has 0 unspecified atom stereocenters. The minimum atomic E-state index is 0.197. The average Bonchev–Trinajstić information content (AvgIpc) is 2.59. The van der Waals surface area contributed by atoms with Gasteiger partial charge in [0.1, 0.15) is 12.0 Å². The maximum atomic E-state index is 12.4. The van der Waals surface area contributed by atoms with E-state index in [1.807, 2.05) is 4.90 Å². The molecule has 8 heteroatoms. The third-order valence-corrected chi connectivity index (χ3v) is 4.50. The third kappa shape index (κ3) is 4.23. The molecule has 0 bridgehead atoms. The van der Waals surface area contributed by atoms with Crippen molar-refractivity contribution in [2.24, 2.45) is 0 Å². The van der Waals surface area contributed by atoms with E-state index < -0.39 is 0 Å². The lowest BCUT2D eigenvalue weighted by Crippen LogP contribution is -2.51. The van der Waals surface area contributed by atoms with Crippen LogP contribution in [-0.4, -0.2) is 78.5 Å². The van der Waals surface area contributed by atoms with Gasteiger partial charge in [0.05, 0.1) is 6.54 Å². The monoisotopic (exact) mass is 340 g/mol. The number of hydrogen-bond acceptors (Lipinski definition) is 6. The second-order valence-electron chi connectivity index (χ2n) is 5.44. The highest BCUT2D eigenvalue weighted by molar-refractivity contribution is 6.32. The van der Waals surface area contributed by atoms with Gasteiger partial charge >= 0.3 is 0 Å². The molecule has 1 aromatic heterocycles. The van der Waals surface area contributed by atoms with Crippen LogP contribution in [0.1, 0.15) is 13.8 Å². The Kier molecular flexibility index (Phi) is 6.41. The van der Waals surface area contributed by atoms with Gasteiger partial charge in [-0.2, -0.15) is 0 Å². The van der Waals surface area contributed by atoms with E-state index in [4.69, 9.17) is 11.6 Å². The summed E-state index contributed by atoms with van der Waals surface area (Å²) in [5.74, 6) is 0.992. The van der Waals surface area contributed by atoms with Crippen molar-refractivity contribution in [3.05, 3.63) is 11.5 Å². The van der Waals surface area contributed by atoms with E-state index in [1.165, 1.54) is 6.33 Å². The summed E-state index contributed by atoms with van der Waals surface area (Å²) in [6, 6.07) is 0. The number of rotatable bonds is 6. The predicted molar refractivity (Wildman–Crippen MR) is 93.2 cm³/mol. The highest BCUT2D eigenvalue weighted by Crippen LogP contribution is 2.29. The second kappa shape index (κ2) is 8.31. The molecule has 2 heterocycles. The molecule has 0 aromatic carbocycles. The highest BCUT2D eigenvalue weighted by atomic mass is 35.5. The smallest absolute Gasteiger partial charge is 0.236 e. The van der Waals surface area contributed by atoms with E-state index >= 15 is 0 Å². The van der Waals surface area contributed by atoms with Crippen LogP contribution in [0.5, 0.6) is 0 Å². The van der Waals surface area contributed by atoms with E-state index in [2.05, 4.69) is 38.9 Å². The van der Waals surface area contributed by atoms with Gasteiger partial charge in [0.15, 0.2) is 11.0 Å². The highest BCUT2D eigenvalue weighted by Gasteiger charge is 2.24. The van der Waals surface area contributed by atoms with Crippen LogP contribution in [0, 0.1) is 0 Å². The van der Waals surface area contributed by atoms with Gasteiger partial charge in [0, 0.05) is 33.2 Å². The molecular weight excluding hydrogens is 316 g/mol. The molecule has 1 fully saturated rings. The van der Waals surface area contributed by atoms with Crippen LogP contribution >= 0.6 is 11.6 Å². The molecule has 0 saturated carbocycles. The number of aromatic nitrogens is 2. The standard InChI is InChI=1S/C15H25ClN6O/c1-4-20(5-2)10-12(23)21-6-8-22(9-7-21)15-13(17-3)14(16)18-11-19-15/h11,17H,4-10H2,1-3H3. The molecule has 1 aliphatic heterocycles. The van der Waals surface area contributed by atoms with E-state index in [9.17, 15) is 4.79 Å². The number of hydrogen-bond donors (Lipinski definition) is 1. The zero-order valence-electron chi connectivity index (χ0n) is 14.0. The van der Waals surface area contributed by atoms with Crippen LogP contribution in [0.4, 0.5) is 11.5 Å². The van der Waals surface area contributed by atoms with Crippen molar-refractivity contribution >= 4 is 29.0 Å². The van der Waals surface area contributed by atoms with E-state index in [0.717, 1.165) is 37.7 Å². The number of anilines is 2. The molecule has 0 radical (unpaired) electrons. The lowest BCUT2D eigenvalue weighted by atomic mass is 10.3. The molecule has 1 aromatic rings. The Morgan fingerprint density at radius 2 is 1.91 bits per heavy atom. The normalized spacial score (nSPS) is 15.2. The fraction of sp³-hybridized carbons (Fsp3) is 0.667. The zero-order chi connectivity index (χ0) is 16.8. The topological polar surface area (TPSA) is 64.6 Å². The van der Waals surface area contributed by atoms with Crippen LogP contribution in [0.2, 0.25) is 5.15 Å². The molecular formula is C15H25ClN6O. The van der Waals surface area contributed by atoms with Gasteiger partial charge in [0.25, 0.3) is 0 Å². The molecule has 7 nitrogen and oxygen atoms in total. The van der Waals surface area contributed by atoms with E-state index in [0.29, 0.717) is 24.8 Å². The molecule has 1 amide bonds. The molecule has 2 rings (SSSR count). The maximum absolute atomic E-state index is 12.4. The quantitative estimate of drug-likeness (QED) is 0.784. The minimum Gasteiger partial charge on any atom is -0.383 e. The molecule has 23 heavy (non-hydrogen) atoms. The number of piperazine rings is 1. The number of carbonyl (C=O) groups is 1. The van der Waals surface area contributed by atoms with Crippen molar-refractivity contribution in [1.82, 2.24) is 19.8 Å². The van der Waals surface area contributed by atoms with Gasteiger partial charge in [-0.1, -0.05) is 25.4 Å². The van der Waals surface area contributed by atoms with Gasteiger partial charge in [-0.3, -0.25) is 9.69 Å². The van der Waals surface area contributed by atoms with Crippen molar-refractivity contribution in [2.75, 3.05) is 63.1 Å². The van der Waals surface area contributed by atoms with Gasteiger partial charge in [-0.25, -0.2) is 9.97 Å². The Balaban J connectivity index is 1.96. The number of amides is 1. The first-order chi connectivity index (χ1) is 11.1. The zero-order valence-corrected chi connectivity index (χ0v) is 14.8. The van der Waals surface area contributed by atoms with Crippen molar-refractivity contribution in [3.8, 4) is 0 Å². The van der Waals surface area contributed by atoms with E-state index in [1.54, 1.807) is 7.05 Å². The van der Waals surface area contributed by atoms with Crippen LogP contribution in [0.25, 0.3) is 0 Å². The fourth-order valence-electron chi connectivity index (χ4n) is 2.72. The first kappa shape index (κ1) is 17.7. The Morgan fingerprint density at radius 1 is 1.26 bits per heavy atom. The second-order valence-corrected chi connectivity index (χ2v) is 5.80. The molecule has 0 aliphatic carbocycles. The third-order valence-electron chi connectivity index (χ3n) is 4.22. The van der Waals surface area contributed by atoms with Gasteiger partial charge < -0.3 is 15.1 Å². The lowest BCUT2D eigenvalue weighted by molar-refractivity contribution is -0.132. The Labute approximate surface area is 142 Å². The Hall–Kier alpha value is -1.60. The summed E-state index contributed by atoms with van der Waals surface area (Å²) in [6.07, 6.45) is 1.47. The number of carbonyl (C=O) groups excluding carboxylic acids is 1. The van der Waals surface area contributed by atoms with E-state index in [-0.39, 0.29) is 5.91 Å². The van der Waals surface area contributed by atoms with Crippen LogP contribution in [0.3, 0.4) is 0 Å². The fourth-order valence-corrected chi connectivity index (χ4v) is 2.94. The van der Waals surface area contributed by atoms with Gasteiger partial charge in [-0.15, -0.1) is 0 Å². The maximum Gasteiger partial charge on any atom is 0.236 e. The number of likely N-dealkylation sites (N-methyl/N-ethyl adjacent to an activating group) is 1.